The van der Waals surface area contributed by atoms with E-state index in [0.717, 1.165) is 11.3 Å². The highest BCUT2D eigenvalue weighted by atomic mass is 16.5. The molecule has 1 atom stereocenters. The third-order valence-corrected chi connectivity index (χ3v) is 4.05. The summed E-state index contributed by atoms with van der Waals surface area (Å²) in [6.45, 7) is 2.51. The monoisotopic (exact) mass is 396 g/mol. The molecule has 1 unspecified atom stereocenters. The van der Waals surface area contributed by atoms with E-state index in [1.54, 1.807) is 18.2 Å². The molecule has 0 aliphatic carbocycles. The van der Waals surface area contributed by atoms with E-state index in [1.165, 1.54) is 27.4 Å². The van der Waals surface area contributed by atoms with Crippen molar-refractivity contribution in [2.24, 2.45) is 0 Å². The van der Waals surface area contributed by atoms with Gasteiger partial charge in [0.25, 0.3) is 0 Å². The van der Waals surface area contributed by atoms with Gasteiger partial charge in [0.2, 0.25) is 11.7 Å². The van der Waals surface area contributed by atoms with Crippen molar-refractivity contribution in [1.29, 1.82) is 5.26 Å². The Labute approximate surface area is 170 Å². The normalized spacial score (nSPS) is 11.4. The van der Waals surface area contributed by atoms with E-state index < -0.39 is 11.9 Å². The molecule has 0 spiro atoms. The Balaban J connectivity index is 2.14. The minimum Gasteiger partial charge on any atom is -0.494 e. The molecule has 0 radical (unpaired) electrons. The summed E-state index contributed by atoms with van der Waals surface area (Å²) >= 11 is 0. The van der Waals surface area contributed by atoms with Gasteiger partial charge in [0.1, 0.15) is 11.8 Å². The highest BCUT2D eigenvalue weighted by Crippen LogP contribution is 2.39. The molecule has 2 aromatic carbocycles. The van der Waals surface area contributed by atoms with Gasteiger partial charge in [-0.3, -0.25) is 4.79 Å². The second-order valence-corrected chi connectivity index (χ2v) is 5.86. The number of nitrogens with one attached hydrogen (secondary N) is 1. The van der Waals surface area contributed by atoms with E-state index >= 15 is 0 Å². The molecule has 0 bridgehead atoms. The maximum absolute atomic E-state index is 12.3. The molecular formula is C22H24N2O5. The van der Waals surface area contributed by atoms with Crippen LogP contribution in [0.2, 0.25) is 0 Å². The van der Waals surface area contributed by atoms with Gasteiger partial charge in [-0.15, -0.1) is 0 Å². The first-order valence-electron chi connectivity index (χ1n) is 8.97. The number of hydrogen-bond acceptors (Lipinski definition) is 6. The van der Waals surface area contributed by atoms with Gasteiger partial charge >= 0.3 is 0 Å². The number of rotatable bonds is 9. The summed E-state index contributed by atoms with van der Waals surface area (Å²) in [5, 5.41) is 12.2. The average molecular weight is 396 g/mol. The van der Waals surface area contributed by atoms with Gasteiger partial charge in [0, 0.05) is 6.08 Å². The van der Waals surface area contributed by atoms with Gasteiger partial charge in [0.15, 0.2) is 11.5 Å². The van der Waals surface area contributed by atoms with Gasteiger partial charge < -0.3 is 24.3 Å². The van der Waals surface area contributed by atoms with E-state index in [0.29, 0.717) is 29.4 Å². The lowest BCUT2D eigenvalue weighted by Crippen LogP contribution is -2.25. The highest BCUT2D eigenvalue weighted by Gasteiger charge is 2.19. The molecule has 29 heavy (non-hydrogen) atoms. The molecule has 7 nitrogen and oxygen atoms in total. The van der Waals surface area contributed by atoms with E-state index in [9.17, 15) is 10.1 Å². The van der Waals surface area contributed by atoms with Crippen LogP contribution in [0.1, 0.15) is 24.1 Å². The lowest BCUT2D eigenvalue weighted by molar-refractivity contribution is -0.116. The minimum absolute atomic E-state index is 0.404. The molecule has 152 valence electrons. The van der Waals surface area contributed by atoms with E-state index in [1.807, 2.05) is 31.2 Å². The summed E-state index contributed by atoms with van der Waals surface area (Å²) in [5.41, 5.74) is 1.36. The number of nitriles is 1. The third-order valence-electron chi connectivity index (χ3n) is 4.05. The summed E-state index contributed by atoms with van der Waals surface area (Å²) in [6, 6.07) is 11.8. The van der Waals surface area contributed by atoms with Crippen LogP contribution in [0, 0.1) is 11.3 Å². The van der Waals surface area contributed by atoms with E-state index in [-0.39, 0.29) is 0 Å². The molecule has 0 saturated carbocycles. The lowest BCUT2D eigenvalue weighted by atomic mass is 10.1. The van der Waals surface area contributed by atoms with Crippen LogP contribution in [0.25, 0.3) is 6.08 Å². The van der Waals surface area contributed by atoms with E-state index in [4.69, 9.17) is 18.9 Å². The zero-order valence-corrected chi connectivity index (χ0v) is 16.9. The smallest absolute Gasteiger partial charge is 0.245 e. The van der Waals surface area contributed by atoms with Gasteiger partial charge in [0.05, 0.1) is 34.0 Å². The summed E-state index contributed by atoms with van der Waals surface area (Å²) < 4.78 is 21.3. The molecule has 0 heterocycles. The first kappa shape index (κ1) is 21.6. The van der Waals surface area contributed by atoms with Crippen LogP contribution >= 0.6 is 0 Å². The number of methoxy groups -OCH3 is 3. The van der Waals surface area contributed by atoms with Crippen molar-refractivity contribution in [2.75, 3.05) is 27.9 Å². The second kappa shape index (κ2) is 10.6. The van der Waals surface area contributed by atoms with Gasteiger partial charge in [-0.25, -0.2) is 0 Å². The van der Waals surface area contributed by atoms with Crippen molar-refractivity contribution >= 4 is 12.0 Å². The standard InChI is InChI=1S/C22H24N2O5/c1-5-29-17-9-6-15(7-10-17)8-11-21(25)24-18(14-23)16-12-19(26-2)22(28-4)20(13-16)27-3/h6-13,18H,5H2,1-4H3,(H,24,25)/b11-8+. The fourth-order valence-electron chi connectivity index (χ4n) is 2.66. The first-order chi connectivity index (χ1) is 14.1. The molecule has 2 rings (SSSR count). The number of carbonyl (C=O) groups excluding carboxylic acids is 1. The number of amides is 1. The number of nitrogens with zero attached hydrogens (tertiary/aromatic N) is 1. The molecule has 7 heteroatoms. The number of hydrogen-bond donors (Lipinski definition) is 1. The van der Waals surface area contributed by atoms with E-state index in [2.05, 4.69) is 11.4 Å². The summed E-state index contributed by atoms with van der Waals surface area (Å²) in [5.74, 6) is 1.58. The van der Waals surface area contributed by atoms with Crippen LogP contribution < -0.4 is 24.3 Å². The van der Waals surface area contributed by atoms with Crippen LogP contribution in [-0.2, 0) is 4.79 Å². The van der Waals surface area contributed by atoms with Crippen LogP contribution in [-0.4, -0.2) is 33.8 Å². The zero-order chi connectivity index (χ0) is 21.2. The Hall–Kier alpha value is -3.66. The SMILES string of the molecule is CCOc1ccc(/C=C/C(=O)NC(C#N)c2cc(OC)c(OC)c(OC)c2)cc1. The third kappa shape index (κ3) is 5.66. The van der Waals surface area contributed by atoms with Gasteiger partial charge in [-0.05, 0) is 48.4 Å². The molecule has 0 aliphatic heterocycles. The quantitative estimate of drug-likeness (QED) is 0.653. The maximum Gasteiger partial charge on any atom is 0.245 e. The summed E-state index contributed by atoms with van der Waals surface area (Å²) in [4.78, 5) is 12.3. The predicted molar refractivity (Wildman–Crippen MR) is 109 cm³/mol. The molecule has 0 saturated heterocycles. The summed E-state index contributed by atoms with van der Waals surface area (Å²) in [7, 11) is 4.47. The Bertz CT molecular complexity index is 875. The molecule has 2 aromatic rings. The van der Waals surface area contributed by atoms with Crippen LogP contribution in [0.4, 0.5) is 0 Å². The molecule has 0 fully saturated rings. The van der Waals surface area contributed by atoms with Crippen molar-refractivity contribution in [1.82, 2.24) is 5.32 Å². The molecule has 0 aliphatic rings. The van der Waals surface area contributed by atoms with Crippen molar-refractivity contribution < 1.29 is 23.7 Å². The molecule has 1 amide bonds. The van der Waals surface area contributed by atoms with Crippen molar-refractivity contribution in [3.8, 4) is 29.1 Å². The average Bonchev–Trinajstić information content (AvgIpc) is 2.76. The van der Waals surface area contributed by atoms with Crippen molar-refractivity contribution in [3.63, 3.8) is 0 Å². The Kier molecular flexibility index (Phi) is 7.92. The van der Waals surface area contributed by atoms with Crippen LogP contribution in [0.5, 0.6) is 23.0 Å². The second-order valence-electron chi connectivity index (χ2n) is 5.86. The molecule has 1 N–H and O–H groups in total. The fourth-order valence-corrected chi connectivity index (χ4v) is 2.66. The lowest BCUT2D eigenvalue weighted by Gasteiger charge is -2.17. The number of benzene rings is 2. The van der Waals surface area contributed by atoms with Crippen molar-refractivity contribution in [2.45, 2.75) is 13.0 Å². The Morgan fingerprint density at radius 2 is 1.72 bits per heavy atom. The molecule has 0 aromatic heterocycles. The highest BCUT2D eigenvalue weighted by molar-refractivity contribution is 5.92. The van der Waals surface area contributed by atoms with Crippen LogP contribution in [0.15, 0.2) is 42.5 Å². The number of ether oxygens (including phenoxy) is 4. The minimum atomic E-state index is -0.888. The Morgan fingerprint density at radius 1 is 1.10 bits per heavy atom. The van der Waals surface area contributed by atoms with Crippen molar-refractivity contribution in [3.05, 3.63) is 53.6 Å². The largest absolute Gasteiger partial charge is 0.494 e. The topological polar surface area (TPSA) is 89.8 Å². The van der Waals surface area contributed by atoms with Crippen LogP contribution in [0.3, 0.4) is 0 Å². The first-order valence-corrected chi connectivity index (χ1v) is 8.97. The number of carbonyl (C=O) groups is 1. The molecular weight excluding hydrogens is 372 g/mol. The van der Waals surface area contributed by atoms with Gasteiger partial charge in [-0.2, -0.15) is 5.26 Å². The summed E-state index contributed by atoms with van der Waals surface area (Å²) in [6.07, 6.45) is 3.03. The Morgan fingerprint density at radius 3 is 2.21 bits per heavy atom. The maximum atomic E-state index is 12.3. The zero-order valence-electron chi connectivity index (χ0n) is 16.9. The predicted octanol–water partition coefficient (Wildman–Crippen LogP) is 3.51. The van der Waals surface area contributed by atoms with Gasteiger partial charge in [-0.1, -0.05) is 12.1 Å². The fraction of sp³-hybridized carbons (Fsp3) is 0.273.